The molecule has 0 radical (unpaired) electrons. The molecule has 1 aromatic carbocycles. The summed E-state index contributed by atoms with van der Waals surface area (Å²) in [6.07, 6.45) is 4.69. The Morgan fingerprint density at radius 2 is 2.35 bits per heavy atom. The van der Waals surface area contributed by atoms with Crippen molar-refractivity contribution in [3.63, 3.8) is 0 Å². The van der Waals surface area contributed by atoms with Gasteiger partial charge in [0.2, 0.25) is 0 Å². The van der Waals surface area contributed by atoms with E-state index in [9.17, 15) is 9.18 Å². The molecule has 4 rings (SSSR count). The van der Waals surface area contributed by atoms with Crippen LogP contribution < -0.4 is 5.32 Å². The van der Waals surface area contributed by atoms with Crippen molar-refractivity contribution in [3.8, 4) is 0 Å². The van der Waals surface area contributed by atoms with Crippen LogP contribution in [0.25, 0.3) is 10.1 Å². The minimum Gasteiger partial charge on any atom is -0.380 e. The Morgan fingerprint density at radius 3 is 3.15 bits per heavy atom. The van der Waals surface area contributed by atoms with Gasteiger partial charge in [0.25, 0.3) is 5.91 Å². The summed E-state index contributed by atoms with van der Waals surface area (Å²) in [7, 11) is 3.48. The van der Waals surface area contributed by atoms with Crippen molar-refractivity contribution in [1.82, 2.24) is 15.1 Å². The molecule has 5 nitrogen and oxygen atoms in total. The van der Waals surface area contributed by atoms with Crippen LogP contribution in [0.1, 0.15) is 45.4 Å². The van der Waals surface area contributed by atoms with Crippen LogP contribution in [-0.2, 0) is 24.8 Å². The van der Waals surface area contributed by atoms with Gasteiger partial charge in [0, 0.05) is 41.1 Å². The molecule has 7 heteroatoms. The first kappa shape index (κ1) is 17.2. The van der Waals surface area contributed by atoms with Crippen LogP contribution >= 0.6 is 11.3 Å². The number of benzene rings is 1. The van der Waals surface area contributed by atoms with E-state index in [0.717, 1.165) is 29.5 Å². The van der Waals surface area contributed by atoms with Crippen LogP contribution in [0.3, 0.4) is 0 Å². The van der Waals surface area contributed by atoms with Crippen molar-refractivity contribution in [3.05, 3.63) is 51.9 Å². The van der Waals surface area contributed by atoms with Gasteiger partial charge >= 0.3 is 0 Å². The van der Waals surface area contributed by atoms with E-state index in [0.29, 0.717) is 15.8 Å². The third-order valence-corrected chi connectivity index (χ3v) is 6.14. The highest BCUT2D eigenvalue weighted by atomic mass is 32.1. The van der Waals surface area contributed by atoms with Gasteiger partial charge in [-0.15, -0.1) is 11.3 Å². The van der Waals surface area contributed by atoms with Crippen LogP contribution in [0.15, 0.2) is 24.4 Å². The number of aromatic nitrogens is 2. The second-order valence-electron chi connectivity index (χ2n) is 6.54. The molecular weight excluding hydrogens is 353 g/mol. The summed E-state index contributed by atoms with van der Waals surface area (Å²) in [4.78, 5) is 13.5. The van der Waals surface area contributed by atoms with Crippen LogP contribution in [-0.4, -0.2) is 22.8 Å². The SMILES string of the molecule is COCc1c(C(=O)N[C@@H]2CCCc3c2cnn3C)sc2cccc(F)c12. The average Bonchev–Trinajstić information content (AvgIpc) is 3.18. The molecule has 26 heavy (non-hydrogen) atoms. The van der Waals surface area contributed by atoms with E-state index in [-0.39, 0.29) is 24.4 Å². The van der Waals surface area contributed by atoms with Crippen molar-refractivity contribution in [2.75, 3.05) is 7.11 Å². The molecule has 3 aromatic rings. The van der Waals surface area contributed by atoms with Gasteiger partial charge in [-0.3, -0.25) is 9.48 Å². The summed E-state index contributed by atoms with van der Waals surface area (Å²) in [5.41, 5.74) is 2.86. The molecular formula is C19H20FN3O2S. The number of methoxy groups -OCH3 is 1. The normalized spacial score (nSPS) is 16.7. The van der Waals surface area contributed by atoms with E-state index >= 15 is 0 Å². The number of fused-ring (bicyclic) bond motifs is 2. The predicted octanol–water partition coefficient (Wildman–Crippen LogP) is 3.73. The fraction of sp³-hybridized carbons (Fsp3) is 0.368. The maximum absolute atomic E-state index is 14.3. The molecule has 1 amide bonds. The summed E-state index contributed by atoms with van der Waals surface area (Å²) in [5.74, 6) is -0.503. The summed E-state index contributed by atoms with van der Waals surface area (Å²) in [6, 6.07) is 4.85. The van der Waals surface area contributed by atoms with Gasteiger partial charge in [0.15, 0.2) is 0 Å². The lowest BCUT2D eigenvalue weighted by atomic mass is 9.93. The number of rotatable bonds is 4. The van der Waals surface area contributed by atoms with Gasteiger partial charge < -0.3 is 10.1 Å². The van der Waals surface area contributed by atoms with E-state index < -0.39 is 0 Å². The molecule has 0 spiro atoms. The van der Waals surface area contributed by atoms with Crippen molar-refractivity contribution < 1.29 is 13.9 Å². The highest BCUT2D eigenvalue weighted by Crippen LogP contribution is 2.35. The Morgan fingerprint density at radius 1 is 1.50 bits per heavy atom. The molecule has 1 atom stereocenters. The van der Waals surface area contributed by atoms with Crippen molar-refractivity contribution in [2.24, 2.45) is 7.05 Å². The third-order valence-electron chi connectivity index (χ3n) is 4.94. The van der Waals surface area contributed by atoms with Crippen LogP contribution in [0.2, 0.25) is 0 Å². The minimum absolute atomic E-state index is 0.0644. The van der Waals surface area contributed by atoms with E-state index in [1.54, 1.807) is 13.2 Å². The molecule has 1 aliphatic rings. The first-order valence-corrected chi connectivity index (χ1v) is 9.42. The Bertz CT molecular complexity index is 979. The number of hydrogen-bond donors (Lipinski definition) is 1. The van der Waals surface area contributed by atoms with Gasteiger partial charge in [-0.05, 0) is 31.4 Å². The molecule has 0 saturated heterocycles. The number of thiophene rings is 1. The second kappa shape index (κ2) is 6.81. The van der Waals surface area contributed by atoms with Gasteiger partial charge in [-0.25, -0.2) is 4.39 Å². The quantitative estimate of drug-likeness (QED) is 0.758. The summed E-state index contributed by atoms with van der Waals surface area (Å²) >= 11 is 1.31. The Hall–Kier alpha value is -2.25. The molecule has 2 aromatic heterocycles. The zero-order valence-corrected chi connectivity index (χ0v) is 15.5. The minimum atomic E-state index is -0.322. The number of hydrogen-bond acceptors (Lipinski definition) is 4. The largest absolute Gasteiger partial charge is 0.380 e. The van der Waals surface area contributed by atoms with Gasteiger partial charge in [0.05, 0.1) is 23.7 Å². The highest BCUT2D eigenvalue weighted by Gasteiger charge is 2.27. The van der Waals surface area contributed by atoms with E-state index in [1.165, 1.54) is 23.1 Å². The number of nitrogens with one attached hydrogen (secondary N) is 1. The van der Waals surface area contributed by atoms with Gasteiger partial charge in [-0.1, -0.05) is 6.07 Å². The zero-order valence-electron chi connectivity index (χ0n) is 14.7. The van der Waals surface area contributed by atoms with Crippen molar-refractivity contribution in [1.29, 1.82) is 0 Å². The molecule has 0 unspecified atom stereocenters. The summed E-state index contributed by atoms with van der Waals surface area (Å²) < 4.78 is 22.2. The fourth-order valence-corrected chi connectivity index (χ4v) is 4.84. The van der Waals surface area contributed by atoms with Gasteiger partial charge in [-0.2, -0.15) is 5.10 Å². The van der Waals surface area contributed by atoms with Crippen molar-refractivity contribution in [2.45, 2.75) is 31.9 Å². The number of halogens is 1. The number of amides is 1. The molecule has 0 aliphatic heterocycles. The van der Waals surface area contributed by atoms with Crippen LogP contribution in [0.5, 0.6) is 0 Å². The van der Waals surface area contributed by atoms with E-state index in [4.69, 9.17) is 4.74 Å². The monoisotopic (exact) mass is 373 g/mol. The lowest BCUT2D eigenvalue weighted by Crippen LogP contribution is -2.31. The average molecular weight is 373 g/mol. The maximum atomic E-state index is 14.3. The third kappa shape index (κ3) is 2.81. The Balaban J connectivity index is 1.69. The standard InChI is InChI=1S/C19H20FN3O2S/c1-23-15-7-4-6-14(11(15)9-21-23)22-19(24)18-12(10-25-2)17-13(20)5-3-8-16(17)26-18/h3,5,8-9,14H,4,6-7,10H2,1-2H3,(H,22,24)/t14-/m1/s1. The number of carbonyl (C=O) groups is 1. The van der Waals surface area contributed by atoms with Crippen LogP contribution in [0.4, 0.5) is 4.39 Å². The zero-order chi connectivity index (χ0) is 18.3. The predicted molar refractivity (Wildman–Crippen MR) is 98.8 cm³/mol. The van der Waals surface area contributed by atoms with E-state index in [2.05, 4.69) is 10.4 Å². The lowest BCUT2D eigenvalue weighted by molar-refractivity contribution is 0.0932. The smallest absolute Gasteiger partial charge is 0.262 e. The molecule has 0 bridgehead atoms. The fourth-order valence-electron chi connectivity index (χ4n) is 3.71. The Labute approximate surface area is 154 Å². The van der Waals surface area contributed by atoms with E-state index in [1.807, 2.05) is 24.0 Å². The number of aryl methyl sites for hydroxylation is 1. The number of ether oxygens (including phenoxy) is 1. The highest BCUT2D eigenvalue weighted by molar-refractivity contribution is 7.21. The second-order valence-corrected chi connectivity index (χ2v) is 7.60. The maximum Gasteiger partial charge on any atom is 0.262 e. The first-order chi connectivity index (χ1) is 12.6. The topological polar surface area (TPSA) is 56.1 Å². The molecule has 1 N–H and O–H groups in total. The molecule has 1 aliphatic carbocycles. The summed E-state index contributed by atoms with van der Waals surface area (Å²) in [6.45, 7) is 0.201. The first-order valence-electron chi connectivity index (χ1n) is 8.60. The van der Waals surface area contributed by atoms with Crippen LogP contribution in [0, 0.1) is 5.82 Å². The molecule has 136 valence electrons. The molecule has 0 fully saturated rings. The summed E-state index contributed by atoms with van der Waals surface area (Å²) in [5, 5.41) is 7.93. The van der Waals surface area contributed by atoms with Crippen molar-refractivity contribution >= 4 is 27.3 Å². The lowest BCUT2D eigenvalue weighted by Gasteiger charge is -2.23. The number of carbonyl (C=O) groups excluding carboxylic acids is 1. The molecule has 2 heterocycles. The Kier molecular flexibility index (Phi) is 4.50. The number of nitrogens with zero attached hydrogens (tertiary/aromatic N) is 2. The van der Waals surface area contributed by atoms with Gasteiger partial charge in [0.1, 0.15) is 5.82 Å². The molecule has 0 saturated carbocycles.